The Hall–Kier alpha value is -2.90. The molecule has 1 aliphatic heterocycles. The second kappa shape index (κ2) is 10.8. The summed E-state index contributed by atoms with van der Waals surface area (Å²) >= 11 is 6.20. The van der Waals surface area contributed by atoms with Crippen molar-refractivity contribution in [1.82, 2.24) is 14.9 Å². The van der Waals surface area contributed by atoms with Crippen molar-refractivity contribution in [3.05, 3.63) is 58.9 Å². The zero-order valence-corrected chi connectivity index (χ0v) is 19.9. The number of fused-ring (bicyclic) bond motifs is 1. The summed E-state index contributed by atoms with van der Waals surface area (Å²) in [6, 6.07) is 13.8. The molecule has 0 bridgehead atoms. The second-order valence-electron chi connectivity index (χ2n) is 8.17. The third-order valence-electron chi connectivity index (χ3n) is 5.89. The number of piperazine rings is 1. The Bertz CT molecular complexity index is 1120. The smallest absolute Gasteiger partial charge is 0.376 e. The van der Waals surface area contributed by atoms with E-state index in [4.69, 9.17) is 16.3 Å². The van der Waals surface area contributed by atoms with Gasteiger partial charge in [0.1, 0.15) is 5.82 Å². The molecule has 2 aromatic carbocycles. The molecule has 1 N–H and O–H groups in total. The third kappa shape index (κ3) is 5.72. The van der Waals surface area contributed by atoms with Crippen LogP contribution in [0.15, 0.2) is 42.5 Å². The lowest BCUT2D eigenvalue weighted by Gasteiger charge is -2.37. The number of aromatic nitrogens is 2. The maximum atomic E-state index is 12.2. The van der Waals surface area contributed by atoms with Gasteiger partial charge in [0.2, 0.25) is 5.82 Å². The molecule has 0 atom stereocenters. The van der Waals surface area contributed by atoms with Crippen molar-refractivity contribution >= 4 is 40.0 Å². The Balaban J connectivity index is 1.30. The van der Waals surface area contributed by atoms with Crippen molar-refractivity contribution < 1.29 is 9.53 Å². The Kier molecular flexibility index (Phi) is 7.62. The first-order valence-corrected chi connectivity index (χ1v) is 11.8. The van der Waals surface area contributed by atoms with Gasteiger partial charge in [-0.05, 0) is 56.6 Å². The molecule has 0 spiro atoms. The number of nitrogens with one attached hydrogen (secondary N) is 1. The minimum absolute atomic E-state index is 0.0884. The molecule has 8 heteroatoms. The van der Waals surface area contributed by atoms with Gasteiger partial charge < -0.3 is 15.0 Å². The summed E-state index contributed by atoms with van der Waals surface area (Å²) in [6.07, 6.45) is 0.975. The molecule has 1 saturated heterocycles. The van der Waals surface area contributed by atoms with E-state index in [1.165, 1.54) is 11.3 Å². The van der Waals surface area contributed by atoms with Crippen LogP contribution in [0.2, 0.25) is 5.02 Å². The van der Waals surface area contributed by atoms with E-state index in [1.54, 1.807) is 6.92 Å². The van der Waals surface area contributed by atoms with Gasteiger partial charge in [-0.25, -0.2) is 14.8 Å². The molecule has 1 aliphatic rings. The number of carbonyl (C=O) groups is 1. The van der Waals surface area contributed by atoms with Crippen LogP contribution in [0.5, 0.6) is 0 Å². The highest BCUT2D eigenvalue weighted by atomic mass is 35.5. The number of aryl methyl sites for hydroxylation is 1. The van der Waals surface area contributed by atoms with Crippen LogP contribution in [-0.4, -0.2) is 66.7 Å². The number of esters is 1. The monoisotopic (exact) mass is 467 g/mol. The first-order chi connectivity index (χ1) is 16.0. The lowest BCUT2D eigenvalue weighted by molar-refractivity contribution is 0.0512. The van der Waals surface area contributed by atoms with Crippen molar-refractivity contribution in [3.8, 4) is 0 Å². The Morgan fingerprint density at radius 3 is 2.70 bits per heavy atom. The molecule has 0 unspecified atom stereocenters. The summed E-state index contributed by atoms with van der Waals surface area (Å²) in [5, 5.41) is 5.09. The molecule has 1 aromatic heterocycles. The molecule has 0 amide bonds. The summed E-state index contributed by atoms with van der Waals surface area (Å²) in [5.74, 6) is 0.259. The van der Waals surface area contributed by atoms with Crippen LogP contribution in [0.3, 0.4) is 0 Å². The summed E-state index contributed by atoms with van der Waals surface area (Å²) in [5.41, 5.74) is 3.22. The molecule has 4 rings (SSSR count). The molecular weight excluding hydrogens is 438 g/mol. The normalized spacial score (nSPS) is 14.5. The fraction of sp³-hybridized carbons (Fsp3) is 0.400. The average Bonchev–Trinajstić information content (AvgIpc) is 2.83. The highest BCUT2D eigenvalue weighted by Crippen LogP contribution is 2.25. The minimum atomic E-state index is -0.501. The average molecular weight is 468 g/mol. The molecular formula is C25H30ClN5O2. The third-order valence-corrected chi connectivity index (χ3v) is 6.12. The Morgan fingerprint density at radius 2 is 1.91 bits per heavy atom. The van der Waals surface area contributed by atoms with Crippen LogP contribution in [0, 0.1) is 6.92 Å². The van der Waals surface area contributed by atoms with Crippen LogP contribution in [0.1, 0.15) is 29.5 Å². The number of benzene rings is 2. The van der Waals surface area contributed by atoms with Crippen LogP contribution in [-0.2, 0) is 4.74 Å². The van der Waals surface area contributed by atoms with Gasteiger partial charge in [0.15, 0.2) is 0 Å². The number of para-hydroxylation sites is 1. The molecule has 1 fully saturated rings. The molecule has 174 valence electrons. The molecule has 0 aliphatic carbocycles. The van der Waals surface area contributed by atoms with Crippen molar-refractivity contribution in [2.24, 2.45) is 0 Å². The maximum absolute atomic E-state index is 12.2. The highest BCUT2D eigenvalue weighted by Gasteiger charge is 2.19. The maximum Gasteiger partial charge on any atom is 0.376 e. The van der Waals surface area contributed by atoms with Crippen LogP contribution >= 0.6 is 11.6 Å². The summed E-state index contributed by atoms with van der Waals surface area (Å²) < 4.78 is 5.08. The summed E-state index contributed by atoms with van der Waals surface area (Å²) in [6.45, 7) is 10.00. The van der Waals surface area contributed by atoms with Crippen molar-refractivity contribution in [3.63, 3.8) is 0 Å². The van der Waals surface area contributed by atoms with Crippen LogP contribution < -0.4 is 10.2 Å². The number of halogens is 1. The van der Waals surface area contributed by atoms with Gasteiger partial charge >= 0.3 is 5.97 Å². The van der Waals surface area contributed by atoms with Crippen LogP contribution in [0.4, 0.5) is 11.5 Å². The Labute approximate surface area is 199 Å². The molecule has 0 saturated carbocycles. The first kappa shape index (κ1) is 23.3. The topological polar surface area (TPSA) is 70.6 Å². The fourth-order valence-corrected chi connectivity index (χ4v) is 4.31. The van der Waals surface area contributed by atoms with Gasteiger partial charge in [-0.2, -0.15) is 0 Å². The molecule has 0 radical (unpaired) electrons. The van der Waals surface area contributed by atoms with Gasteiger partial charge in [-0.1, -0.05) is 29.8 Å². The second-order valence-corrected chi connectivity index (χ2v) is 8.61. The predicted octanol–water partition coefficient (Wildman–Crippen LogP) is 4.39. The standard InChI is InChI=1S/C25H30ClN5O2/c1-3-33-25(32)24-28-21-8-5-4-7-20(21)23(29-24)27-11-6-12-30-13-15-31(16-14-30)22-17-19(26)10-9-18(22)2/h4-5,7-10,17H,3,6,11-16H2,1-2H3,(H,27,28,29). The number of ether oxygens (including phenoxy) is 1. The van der Waals surface area contributed by atoms with E-state index in [0.717, 1.165) is 61.6 Å². The Morgan fingerprint density at radius 1 is 1.12 bits per heavy atom. The fourth-order valence-electron chi connectivity index (χ4n) is 4.14. The summed E-state index contributed by atoms with van der Waals surface area (Å²) in [4.78, 5) is 25.8. The van der Waals surface area contributed by atoms with E-state index < -0.39 is 5.97 Å². The number of nitrogens with zero attached hydrogens (tertiary/aromatic N) is 4. The van der Waals surface area contributed by atoms with E-state index in [0.29, 0.717) is 12.4 Å². The highest BCUT2D eigenvalue weighted by molar-refractivity contribution is 6.30. The lowest BCUT2D eigenvalue weighted by Crippen LogP contribution is -2.47. The van der Waals surface area contributed by atoms with Crippen molar-refractivity contribution in [2.45, 2.75) is 20.3 Å². The quantitative estimate of drug-likeness (QED) is 0.389. The van der Waals surface area contributed by atoms with E-state index >= 15 is 0 Å². The lowest BCUT2D eigenvalue weighted by atomic mass is 10.1. The molecule has 7 nitrogen and oxygen atoms in total. The number of rotatable bonds is 8. The van der Waals surface area contributed by atoms with Gasteiger partial charge in [0.05, 0.1) is 12.1 Å². The van der Waals surface area contributed by atoms with Crippen molar-refractivity contribution in [1.29, 1.82) is 0 Å². The largest absolute Gasteiger partial charge is 0.460 e. The summed E-state index contributed by atoms with van der Waals surface area (Å²) in [7, 11) is 0. The SMILES string of the molecule is CCOC(=O)c1nc(NCCCN2CCN(c3cc(Cl)ccc3C)CC2)c2ccccc2n1. The zero-order chi connectivity index (χ0) is 23.2. The van der Waals surface area contributed by atoms with E-state index in [9.17, 15) is 4.79 Å². The van der Waals surface area contributed by atoms with Crippen LogP contribution in [0.25, 0.3) is 10.9 Å². The first-order valence-electron chi connectivity index (χ1n) is 11.5. The number of carbonyl (C=O) groups excluding carboxylic acids is 1. The molecule has 2 heterocycles. The van der Waals surface area contributed by atoms with Gasteiger partial charge in [-0.3, -0.25) is 4.90 Å². The van der Waals surface area contributed by atoms with E-state index in [-0.39, 0.29) is 5.82 Å². The zero-order valence-electron chi connectivity index (χ0n) is 19.2. The number of anilines is 2. The predicted molar refractivity (Wildman–Crippen MR) is 133 cm³/mol. The van der Waals surface area contributed by atoms with Crippen molar-refractivity contribution in [2.75, 3.05) is 56.1 Å². The van der Waals surface area contributed by atoms with Gasteiger partial charge in [0, 0.05) is 48.8 Å². The van der Waals surface area contributed by atoms with Gasteiger partial charge in [-0.15, -0.1) is 0 Å². The number of hydrogen-bond acceptors (Lipinski definition) is 7. The van der Waals surface area contributed by atoms with Gasteiger partial charge in [0.25, 0.3) is 0 Å². The minimum Gasteiger partial charge on any atom is -0.460 e. The van der Waals surface area contributed by atoms with E-state index in [2.05, 4.69) is 44.1 Å². The molecule has 3 aromatic rings. The number of hydrogen-bond donors (Lipinski definition) is 1. The molecule has 33 heavy (non-hydrogen) atoms. The van der Waals surface area contributed by atoms with E-state index in [1.807, 2.05) is 30.3 Å².